The van der Waals surface area contributed by atoms with Gasteiger partial charge in [0.05, 0.1) is 0 Å². The van der Waals surface area contributed by atoms with Gasteiger partial charge in [-0.2, -0.15) is 0 Å². The molecule has 0 saturated carbocycles. The molecule has 1 aliphatic rings. The van der Waals surface area contributed by atoms with Gasteiger partial charge in [-0.1, -0.05) is 6.07 Å². The Kier molecular flexibility index (Phi) is 6.43. The molecule has 2 rings (SSSR count). The lowest BCUT2D eigenvalue weighted by Gasteiger charge is -2.29. The average Bonchev–Trinajstić information content (AvgIpc) is 2.57. The molecular weight excluding hydrogens is 308 g/mol. The summed E-state index contributed by atoms with van der Waals surface area (Å²) in [6.45, 7) is 5.74. The fourth-order valence-corrected chi connectivity index (χ4v) is 2.88. The van der Waals surface area contributed by atoms with Gasteiger partial charge < -0.3 is 20.7 Å². The topological polar surface area (TPSA) is 95.5 Å². The number of anilines is 1. The SMILES string of the molecule is Cc1ccc(N2CCNCC2)cc1C[N+](=O)C(CCC=O)C(N)=O. The lowest BCUT2D eigenvalue weighted by molar-refractivity contribution is -0.588. The summed E-state index contributed by atoms with van der Waals surface area (Å²) in [7, 11) is 0. The maximum Gasteiger partial charge on any atom is 0.290 e. The zero-order valence-corrected chi connectivity index (χ0v) is 14.0. The standard InChI is InChI=1S/C17H24N4O3/c1-13-4-5-15(20-8-6-19-7-9-20)11-14(13)12-21(24)16(17(18)23)3-2-10-22/h4-5,10-11,16,19H,2-3,6-9,12H2,1H3,(H-,18,23)/p+1. The van der Waals surface area contributed by atoms with Crippen molar-refractivity contribution < 1.29 is 14.3 Å². The van der Waals surface area contributed by atoms with Crippen LogP contribution in [0, 0.1) is 11.8 Å². The number of primary amides is 1. The number of amides is 1. The molecule has 1 aromatic rings. The number of hydrogen-bond acceptors (Lipinski definition) is 5. The molecule has 3 N–H and O–H groups in total. The summed E-state index contributed by atoms with van der Waals surface area (Å²) in [5.74, 6) is -0.692. The van der Waals surface area contributed by atoms with Crippen molar-refractivity contribution in [3.8, 4) is 0 Å². The molecule has 1 heterocycles. The average molecular weight is 333 g/mol. The molecule has 1 aliphatic heterocycles. The summed E-state index contributed by atoms with van der Waals surface area (Å²) in [4.78, 5) is 36.6. The highest BCUT2D eigenvalue weighted by atomic mass is 16.3. The minimum Gasteiger partial charge on any atom is -0.369 e. The second-order valence-corrected chi connectivity index (χ2v) is 6.09. The Morgan fingerprint density at radius 3 is 2.75 bits per heavy atom. The number of nitrogens with one attached hydrogen (secondary N) is 1. The molecule has 130 valence electrons. The number of hydrogen-bond donors (Lipinski definition) is 2. The number of carbonyl (C=O) groups is 2. The molecule has 7 heteroatoms. The molecule has 1 saturated heterocycles. The van der Waals surface area contributed by atoms with Crippen LogP contribution < -0.4 is 16.0 Å². The molecule has 24 heavy (non-hydrogen) atoms. The zero-order chi connectivity index (χ0) is 17.5. The summed E-state index contributed by atoms with van der Waals surface area (Å²) in [6.07, 6.45) is 0.991. The highest BCUT2D eigenvalue weighted by Gasteiger charge is 2.31. The monoisotopic (exact) mass is 333 g/mol. The van der Waals surface area contributed by atoms with Gasteiger partial charge >= 0.3 is 0 Å². The maximum absolute atomic E-state index is 12.4. The van der Waals surface area contributed by atoms with Crippen LogP contribution in [0.5, 0.6) is 0 Å². The largest absolute Gasteiger partial charge is 0.369 e. The van der Waals surface area contributed by atoms with Crippen LogP contribution in [-0.4, -0.2) is 49.2 Å². The van der Waals surface area contributed by atoms with E-state index >= 15 is 0 Å². The molecule has 1 amide bonds. The summed E-state index contributed by atoms with van der Waals surface area (Å²) >= 11 is 0. The third-order valence-electron chi connectivity index (χ3n) is 4.38. The second kappa shape index (κ2) is 8.54. The van der Waals surface area contributed by atoms with Crippen LogP contribution in [0.3, 0.4) is 0 Å². The number of nitrogens with zero attached hydrogens (tertiary/aromatic N) is 2. The first-order valence-corrected chi connectivity index (χ1v) is 8.25. The van der Waals surface area contributed by atoms with Gasteiger partial charge in [-0.15, -0.1) is 0 Å². The van der Waals surface area contributed by atoms with Crippen LogP contribution in [0.25, 0.3) is 0 Å². The maximum atomic E-state index is 12.4. The van der Waals surface area contributed by atoms with Crippen LogP contribution in [0.15, 0.2) is 18.2 Å². The van der Waals surface area contributed by atoms with Gasteiger partial charge in [0.15, 0.2) is 0 Å². The lowest BCUT2D eigenvalue weighted by atomic mass is 10.1. The Bertz CT molecular complexity index is 612. The number of nitroso groups, excluding NO2 is 1. The number of benzene rings is 1. The number of rotatable bonds is 8. The van der Waals surface area contributed by atoms with Crippen molar-refractivity contribution in [3.05, 3.63) is 34.2 Å². The van der Waals surface area contributed by atoms with Crippen LogP contribution in [0.2, 0.25) is 0 Å². The minimum absolute atomic E-state index is 0.0816. The van der Waals surface area contributed by atoms with Gasteiger partial charge in [-0.25, -0.2) is 0 Å². The van der Waals surface area contributed by atoms with E-state index in [1.165, 1.54) is 0 Å². The Morgan fingerprint density at radius 1 is 1.42 bits per heavy atom. The Hall–Kier alpha value is -2.28. The molecule has 0 bridgehead atoms. The summed E-state index contributed by atoms with van der Waals surface area (Å²) in [5, 5.41) is 3.31. The molecule has 1 aromatic carbocycles. The van der Waals surface area contributed by atoms with E-state index in [-0.39, 0.29) is 19.4 Å². The minimum atomic E-state index is -0.975. The van der Waals surface area contributed by atoms with Crippen molar-refractivity contribution in [2.75, 3.05) is 31.1 Å². The molecule has 1 fully saturated rings. The quantitative estimate of drug-likeness (QED) is 0.534. The van der Waals surface area contributed by atoms with Crippen LogP contribution >= 0.6 is 0 Å². The summed E-state index contributed by atoms with van der Waals surface area (Å²) in [6, 6.07) is 5.07. The first-order chi connectivity index (χ1) is 11.5. The summed E-state index contributed by atoms with van der Waals surface area (Å²) < 4.78 is 0.690. The Balaban J connectivity index is 2.13. The molecule has 0 radical (unpaired) electrons. The molecule has 1 atom stereocenters. The van der Waals surface area contributed by atoms with Crippen molar-refractivity contribution >= 4 is 17.9 Å². The molecule has 1 unspecified atom stereocenters. The lowest BCUT2D eigenvalue weighted by Crippen LogP contribution is -2.43. The van der Waals surface area contributed by atoms with E-state index in [4.69, 9.17) is 5.73 Å². The van der Waals surface area contributed by atoms with E-state index in [9.17, 15) is 14.5 Å². The molecule has 0 spiro atoms. The van der Waals surface area contributed by atoms with Crippen LogP contribution in [0.1, 0.15) is 24.0 Å². The number of carbonyl (C=O) groups excluding carboxylic acids is 2. The number of aryl methyl sites for hydroxylation is 1. The predicted octanol–water partition coefficient (Wildman–Crippen LogP) is 0.517. The van der Waals surface area contributed by atoms with Crippen molar-refractivity contribution in [2.45, 2.75) is 32.4 Å². The number of piperazine rings is 1. The van der Waals surface area contributed by atoms with Gasteiger partial charge in [-0.05, 0) is 24.6 Å². The molecule has 0 aromatic heterocycles. The van der Waals surface area contributed by atoms with Crippen molar-refractivity contribution in [2.24, 2.45) is 5.73 Å². The third kappa shape index (κ3) is 4.61. The van der Waals surface area contributed by atoms with E-state index < -0.39 is 11.9 Å². The summed E-state index contributed by atoms with van der Waals surface area (Å²) in [5.41, 5.74) is 8.25. The van der Waals surface area contributed by atoms with Gasteiger partial charge in [0, 0.05) is 59.9 Å². The van der Waals surface area contributed by atoms with Gasteiger partial charge in [-0.3, -0.25) is 4.79 Å². The Morgan fingerprint density at radius 2 is 2.12 bits per heavy atom. The number of aldehydes is 1. The van der Waals surface area contributed by atoms with E-state index in [1.807, 2.05) is 19.1 Å². The number of nitrogens with two attached hydrogens (primary N) is 1. The first-order valence-electron chi connectivity index (χ1n) is 8.25. The molecular formula is C17H25N4O3+. The van der Waals surface area contributed by atoms with Crippen molar-refractivity contribution in [3.63, 3.8) is 0 Å². The highest BCUT2D eigenvalue weighted by molar-refractivity contribution is 5.78. The van der Waals surface area contributed by atoms with Crippen LogP contribution in [-0.2, 0) is 16.1 Å². The zero-order valence-electron chi connectivity index (χ0n) is 14.0. The fraction of sp³-hybridized carbons (Fsp3) is 0.529. The normalized spacial score (nSPS) is 15.8. The van der Waals surface area contributed by atoms with Crippen molar-refractivity contribution in [1.82, 2.24) is 5.32 Å². The fourth-order valence-electron chi connectivity index (χ4n) is 2.88. The van der Waals surface area contributed by atoms with Gasteiger partial charge in [0.25, 0.3) is 11.9 Å². The van der Waals surface area contributed by atoms with E-state index in [2.05, 4.69) is 16.3 Å². The Labute approximate surface area is 141 Å². The van der Waals surface area contributed by atoms with Gasteiger partial charge in [0.1, 0.15) is 6.29 Å². The third-order valence-corrected chi connectivity index (χ3v) is 4.38. The van der Waals surface area contributed by atoms with Crippen molar-refractivity contribution in [1.29, 1.82) is 0 Å². The highest BCUT2D eigenvalue weighted by Crippen LogP contribution is 2.21. The van der Waals surface area contributed by atoms with E-state index in [1.54, 1.807) is 0 Å². The van der Waals surface area contributed by atoms with E-state index in [0.717, 1.165) is 43.0 Å². The predicted molar refractivity (Wildman–Crippen MR) is 91.9 cm³/mol. The second-order valence-electron chi connectivity index (χ2n) is 6.09. The molecule has 0 aliphatic carbocycles. The van der Waals surface area contributed by atoms with Gasteiger partial charge in [0.2, 0.25) is 6.54 Å². The smallest absolute Gasteiger partial charge is 0.290 e. The van der Waals surface area contributed by atoms with Crippen LogP contribution in [0.4, 0.5) is 5.69 Å². The first kappa shape index (κ1) is 18.1. The van der Waals surface area contributed by atoms with E-state index in [0.29, 0.717) is 11.0 Å². The molecule has 7 nitrogen and oxygen atoms in total.